The lowest BCUT2D eigenvalue weighted by molar-refractivity contribution is 0.218. The van der Waals surface area contributed by atoms with Gasteiger partial charge in [-0.25, -0.2) is 0 Å². The summed E-state index contributed by atoms with van der Waals surface area (Å²) in [4.78, 5) is 2.50. The number of rotatable bonds is 5. The fourth-order valence-corrected chi connectivity index (χ4v) is 2.50. The molecule has 0 bridgehead atoms. The van der Waals surface area contributed by atoms with Gasteiger partial charge in [0.25, 0.3) is 0 Å². The average molecular weight is 222 g/mol. The highest BCUT2D eigenvalue weighted by molar-refractivity contribution is 5.00. The quantitative estimate of drug-likeness (QED) is 0.718. The fraction of sp³-hybridized carbons (Fsp3) is 0.857. The van der Waals surface area contributed by atoms with Gasteiger partial charge in [0.15, 0.2) is 0 Å². The smallest absolute Gasteiger partial charge is 0.0712 e. The van der Waals surface area contributed by atoms with E-state index in [4.69, 9.17) is 6.42 Å². The molecule has 1 heterocycles. The zero-order chi connectivity index (χ0) is 11.8. The molecule has 0 aliphatic carbocycles. The molecule has 2 nitrogen and oxygen atoms in total. The lowest BCUT2D eigenvalue weighted by Gasteiger charge is -2.29. The number of nitrogens with one attached hydrogen (secondary N) is 1. The number of hydrogen-bond acceptors (Lipinski definition) is 2. The van der Waals surface area contributed by atoms with Crippen LogP contribution >= 0.6 is 0 Å². The second-order valence-electron chi connectivity index (χ2n) is 4.76. The summed E-state index contributed by atoms with van der Waals surface area (Å²) in [7, 11) is 0. The molecule has 2 heteroatoms. The van der Waals surface area contributed by atoms with Crippen LogP contribution in [0.2, 0.25) is 0 Å². The molecule has 2 atom stereocenters. The van der Waals surface area contributed by atoms with E-state index in [0.717, 1.165) is 26.1 Å². The van der Waals surface area contributed by atoms with Crippen LogP contribution in [0.1, 0.15) is 46.0 Å². The molecule has 0 aromatic heterocycles. The standard InChI is InChI=1S/C14H26N2/c1-4-8-13-12-16(11-7-10-15-13)14(6-3)9-5-2/h3,13-15H,4-5,7-12H2,1-2H3. The molecule has 92 valence electrons. The maximum atomic E-state index is 5.65. The molecular weight excluding hydrogens is 196 g/mol. The van der Waals surface area contributed by atoms with Gasteiger partial charge >= 0.3 is 0 Å². The van der Waals surface area contributed by atoms with Crippen molar-refractivity contribution in [2.75, 3.05) is 19.6 Å². The molecule has 0 amide bonds. The Balaban J connectivity index is 2.52. The minimum atomic E-state index is 0.351. The summed E-state index contributed by atoms with van der Waals surface area (Å²) in [6.07, 6.45) is 11.7. The van der Waals surface area contributed by atoms with Crippen LogP contribution in [0.4, 0.5) is 0 Å². The van der Waals surface area contributed by atoms with Gasteiger partial charge in [-0.3, -0.25) is 4.90 Å². The third-order valence-electron chi connectivity index (χ3n) is 3.34. The molecule has 2 unspecified atom stereocenters. The van der Waals surface area contributed by atoms with Gasteiger partial charge in [-0.05, 0) is 25.8 Å². The van der Waals surface area contributed by atoms with E-state index in [-0.39, 0.29) is 0 Å². The maximum absolute atomic E-state index is 5.65. The van der Waals surface area contributed by atoms with Crippen LogP contribution in [0, 0.1) is 12.3 Å². The summed E-state index contributed by atoms with van der Waals surface area (Å²) < 4.78 is 0. The summed E-state index contributed by atoms with van der Waals surface area (Å²) in [6, 6.07) is 0.990. The number of hydrogen-bond donors (Lipinski definition) is 1. The van der Waals surface area contributed by atoms with Crippen molar-refractivity contribution in [2.24, 2.45) is 0 Å². The normalized spacial score (nSPS) is 24.7. The molecule has 1 aliphatic heterocycles. The van der Waals surface area contributed by atoms with Crippen LogP contribution in [0.15, 0.2) is 0 Å². The van der Waals surface area contributed by atoms with Gasteiger partial charge in [0.1, 0.15) is 0 Å². The molecular formula is C14H26N2. The van der Waals surface area contributed by atoms with E-state index >= 15 is 0 Å². The first-order valence-electron chi connectivity index (χ1n) is 6.75. The van der Waals surface area contributed by atoms with Crippen molar-refractivity contribution >= 4 is 0 Å². The first-order chi connectivity index (χ1) is 7.81. The van der Waals surface area contributed by atoms with E-state index in [1.165, 1.54) is 25.7 Å². The van der Waals surface area contributed by atoms with Crippen LogP contribution in [-0.2, 0) is 0 Å². The van der Waals surface area contributed by atoms with Gasteiger partial charge in [0.05, 0.1) is 6.04 Å². The summed E-state index contributed by atoms with van der Waals surface area (Å²) >= 11 is 0. The predicted octanol–water partition coefficient (Wildman–Crippen LogP) is 2.25. The van der Waals surface area contributed by atoms with E-state index < -0.39 is 0 Å². The Morgan fingerprint density at radius 3 is 2.88 bits per heavy atom. The maximum Gasteiger partial charge on any atom is 0.0712 e. The van der Waals surface area contributed by atoms with Gasteiger partial charge in [-0.2, -0.15) is 0 Å². The molecule has 16 heavy (non-hydrogen) atoms. The van der Waals surface area contributed by atoms with E-state index in [1.807, 2.05) is 0 Å². The summed E-state index contributed by atoms with van der Waals surface area (Å²) in [5, 5.41) is 3.62. The second-order valence-corrected chi connectivity index (χ2v) is 4.76. The van der Waals surface area contributed by atoms with Crippen molar-refractivity contribution in [1.29, 1.82) is 0 Å². The zero-order valence-corrected chi connectivity index (χ0v) is 10.8. The SMILES string of the molecule is C#CC(CCC)N1CCCNC(CCC)C1. The summed E-state index contributed by atoms with van der Waals surface area (Å²) in [5.41, 5.74) is 0. The average Bonchev–Trinajstić information content (AvgIpc) is 2.52. The Kier molecular flexibility index (Phi) is 6.52. The molecule has 1 rings (SSSR count). The summed E-state index contributed by atoms with van der Waals surface area (Å²) in [6.45, 7) is 7.89. The van der Waals surface area contributed by atoms with Crippen molar-refractivity contribution in [2.45, 2.75) is 58.0 Å². The molecule has 1 N–H and O–H groups in total. The van der Waals surface area contributed by atoms with E-state index in [2.05, 4.69) is 30.0 Å². The Hall–Kier alpha value is -0.520. The Bertz CT molecular complexity index is 219. The Labute approximate surface area is 101 Å². The fourth-order valence-electron chi connectivity index (χ4n) is 2.50. The largest absolute Gasteiger partial charge is 0.313 e. The first kappa shape index (κ1) is 13.5. The second kappa shape index (κ2) is 7.70. The van der Waals surface area contributed by atoms with Crippen LogP contribution in [0.25, 0.3) is 0 Å². The lowest BCUT2D eigenvalue weighted by atomic mass is 10.1. The van der Waals surface area contributed by atoms with Crippen LogP contribution in [0.3, 0.4) is 0 Å². The van der Waals surface area contributed by atoms with Gasteiger partial charge in [0.2, 0.25) is 0 Å². The highest BCUT2D eigenvalue weighted by Gasteiger charge is 2.21. The van der Waals surface area contributed by atoms with Crippen molar-refractivity contribution in [1.82, 2.24) is 10.2 Å². The topological polar surface area (TPSA) is 15.3 Å². The molecule has 0 saturated carbocycles. The first-order valence-corrected chi connectivity index (χ1v) is 6.75. The van der Waals surface area contributed by atoms with Crippen molar-refractivity contribution < 1.29 is 0 Å². The van der Waals surface area contributed by atoms with Crippen molar-refractivity contribution in [3.05, 3.63) is 0 Å². The van der Waals surface area contributed by atoms with Crippen LogP contribution in [0.5, 0.6) is 0 Å². The zero-order valence-electron chi connectivity index (χ0n) is 10.8. The monoisotopic (exact) mass is 222 g/mol. The van der Waals surface area contributed by atoms with Gasteiger partial charge < -0.3 is 5.32 Å². The summed E-state index contributed by atoms with van der Waals surface area (Å²) in [5.74, 6) is 2.96. The van der Waals surface area contributed by atoms with Crippen molar-refractivity contribution in [3.8, 4) is 12.3 Å². The lowest BCUT2D eigenvalue weighted by Crippen LogP contribution is -2.42. The molecule has 1 aliphatic rings. The van der Waals surface area contributed by atoms with Gasteiger partial charge in [-0.1, -0.05) is 32.6 Å². The number of nitrogens with zero attached hydrogens (tertiary/aromatic N) is 1. The van der Waals surface area contributed by atoms with Gasteiger partial charge in [-0.15, -0.1) is 6.42 Å². The highest BCUT2D eigenvalue weighted by Crippen LogP contribution is 2.12. The van der Waals surface area contributed by atoms with Crippen molar-refractivity contribution in [3.63, 3.8) is 0 Å². The third-order valence-corrected chi connectivity index (χ3v) is 3.34. The van der Waals surface area contributed by atoms with E-state index in [1.54, 1.807) is 0 Å². The molecule has 0 aromatic rings. The molecule has 0 spiro atoms. The van der Waals surface area contributed by atoms with Crippen LogP contribution < -0.4 is 5.32 Å². The van der Waals surface area contributed by atoms with E-state index in [9.17, 15) is 0 Å². The predicted molar refractivity (Wildman–Crippen MR) is 70.4 cm³/mol. The Morgan fingerprint density at radius 1 is 1.44 bits per heavy atom. The minimum absolute atomic E-state index is 0.351. The third kappa shape index (κ3) is 4.15. The highest BCUT2D eigenvalue weighted by atomic mass is 15.2. The molecule has 1 saturated heterocycles. The molecule has 1 fully saturated rings. The van der Waals surface area contributed by atoms with E-state index in [0.29, 0.717) is 12.1 Å². The molecule has 0 radical (unpaired) electrons. The molecule has 0 aromatic carbocycles. The minimum Gasteiger partial charge on any atom is -0.313 e. The Morgan fingerprint density at radius 2 is 2.25 bits per heavy atom. The number of terminal acetylenes is 1. The van der Waals surface area contributed by atoms with Crippen LogP contribution in [-0.4, -0.2) is 36.6 Å². The van der Waals surface area contributed by atoms with Gasteiger partial charge in [0, 0.05) is 19.1 Å².